The maximum Gasteiger partial charge on any atom is 0.255 e. The number of aliphatic hydroxyl groups is 1. The lowest BCUT2D eigenvalue weighted by Gasteiger charge is -2.24. The van der Waals surface area contributed by atoms with E-state index in [1.807, 2.05) is 6.07 Å². The molecular weight excluding hydrogens is 252 g/mol. The second kappa shape index (κ2) is 8.77. The van der Waals surface area contributed by atoms with Crippen LogP contribution in [0.2, 0.25) is 0 Å². The summed E-state index contributed by atoms with van der Waals surface area (Å²) >= 11 is 0. The number of rotatable bonds is 9. The fourth-order valence-corrected chi connectivity index (χ4v) is 1.82. The molecule has 0 radical (unpaired) electrons. The molecule has 0 spiro atoms. The van der Waals surface area contributed by atoms with E-state index in [2.05, 4.69) is 17.2 Å². The largest absolute Gasteiger partial charge is 0.395 e. The van der Waals surface area contributed by atoms with Crippen LogP contribution in [0.3, 0.4) is 0 Å². The highest BCUT2D eigenvalue weighted by molar-refractivity contribution is 5.46. The normalized spacial score (nSPS) is 11.0. The number of alkyl halides is 2. The maximum atomic E-state index is 12.6. The highest BCUT2D eigenvalue weighted by Gasteiger charge is 2.16. The van der Waals surface area contributed by atoms with Crippen molar-refractivity contribution in [2.75, 3.05) is 31.1 Å². The zero-order valence-corrected chi connectivity index (χ0v) is 11.1. The molecule has 2 N–H and O–H groups in total. The quantitative estimate of drug-likeness (QED) is 0.672. The molecular formula is C13H21F2N3O. The van der Waals surface area contributed by atoms with Crippen molar-refractivity contribution in [3.63, 3.8) is 0 Å². The van der Waals surface area contributed by atoms with Crippen LogP contribution in [0.1, 0.15) is 18.9 Å². The number of hydrogen-bond acceptors (Lipinski definition) is 4. The van der Waals surface area contributed by atoms with Crippen LogP contribution in [0.5, 0.6) is 0 Å². The van der Waals surface area contributed by atoms with Gasteiger partial charge in [-0.25, -0.2) is 13.8 Å². The van der Waals surface area contributed by atoms with Gasteiger partial charge in [0.25, 0.3) is 6.43 Å². The smallest absolute Gasteiger partial charge is 0.255 e. The molecule has 0 bridgehead atoms. The second-order valence-corrected chi connectivity index (χ2v) is 4.22. The fraction of sp³-hybridized carbons (Fsp3) is 0.615. The van der Waals surface area contributed by atoms with E-state index in [4.69, 9.17) is 5.11 Å². The number of nitrogens with zero attached hydrogens (tertiary/aromatic N) is 2. The van der Waals surface area contributed by atoms with E-state index in [9.17, 15) is 8.78 Å². The van der Waals surface area contributed by atoms with E-state index in [1.165, 1.54) is 4.90 Å². The first-order valence-electron chi connectivity index (χ1n) is 6.47. The minimum absolute atomic E-state index is 0.155. The summed E-state index contributed by atoms with van der Waals surface area (Å²) in [4.78, 5) is 5.60. The highest BCUT2D eigenvalue weighted by Crippen LogP contribution is 2.18. The number of aliphatic hydroxyl groups excluding tert-OH is 1. The molecule has 0 saturated carbocycles. The first-order chi connectivity index (χ1) is 9.19. The number of aromatic nitrogens is 1. The lowest BCUT2D eigenvalue weighted by Crippen LogP contribution is -2.33. The molecule has 0 aliphatic heterocycles. The standard InChI is InChI=1S/C13H21F2N3O/c1-2-5-16-9-11-4-3-6-17-13(11)18(7-8-19)10-12(14)15/h3-4,6,12,16,19H,2,5,7-10H2,1H3. The summed E-state index contributed by atoms with van der Waals surface area (Å²) in [6.07, 6.45) is 0.131. The van der Waals surface area contributed by atoms with Crippen molar-refractivity contribution in [1.82, 2.24) is 10.3 Å². The monoisotopic (exact) mass is 273 g/mol. The molecule has 0 unspecified atom stereocenters. The van der Waals surface area contributed by atoms with Crippen LogP contribution < -0.4 is 10.2 Å². The number of halogens is 2. The van der Waals surface area contributed by atoms with E-state index >= 15 is 0 Å². The van der Waals surface area contributed by atoms with Crippen LogP contribution in [0.4, 0.5) is 14.6 Å². The van der Waals surface area contributed by atoms with Gasteiger partial charge in [-0.3, -0.25) is 0 Å². The van der Waals surface area contributed by atoms with Crippen molar-refractivity contribution in [3.8, 4) is 0 Å². The molecule has 0 saturated heterocycles. The van der Waals surface area contributed by atoms with Crippen molar-refractivity contribution < 1.29 is 13.9 Å². The predicted octanol–water partition coefficient (Wildman–Crippen LogP) is 1.65. The molecule has 0 fully saturated rings. The van der Waals surface area contributed by atoms with Gasteiger partial charge >= 0.3 is 0 Å². The van der Waals surface area contributed by atoms with Crippen molar-refractivity contribution in [2.24, 2.45) is 0 Å². The van der Waals surface area contributed by atoms with Crippen LogP contribution in [0, 0.1) is 0 Å². The van der Waals surface area contributed by atoms with Gasteiger partial charge in [-0.15, -0.1) is 0 Å². The average molecular weight is 273 g/mol. The topological polar surface area (TPSA) is 48.4 Å². The van der Waals surface area contributed by atoms with Crippen LogP contribution in [-0.4, -0.2) is 42.8 Å². The molecule has 1 heterocycles. The van der Waals surface area contributed by atoms with E-state index < -0.39 is 13.0 Å². The molecule has 0 amide bonds. The van der Waals surface area contributed by atoms with Gasteiger partial charge in [0.05, 0.1) is 13.2 Å². The van der Waals surface area contributed by atoms with Crippen LogP contribution in [-0.2, 0) is 6.54 Å². The SMILES string of the molecule is CCCNCc1cccnc1N(CCO)CC(F)F. The molecule has 6 heteroatoms. The van der Waals surface area contributed by atoms with Crippen LogP contribution in [0.15, 0.2) is 18.3 Å². The summed E-state index contributed by atoms with van der Waals surface area (Å²) < 4.78 is 25.1. The maximum absolute atomic E-state index is 12.6. The Hall–Kier alpha value is -1.27. The van der Waals surface area contributed by atoms with Gasteiger partial charge in [0, 0.05) is 24.8 Å². The number of pyridine rings is 1. The van der Waals surface area contributed by atoms with Crippen LogP contribution in [0.25, 0.3) is 0 Å². The number of hydrogen-bond donors (Lipinski definition) is 2. The Bertz CT molecular complexity index is 363. The third kappa shape index (κ3) is 5.48. The second-order valence-electron chi connectivity index (χ2n) is 4.22. The van der Waals surface area contributed by atoms with Gasteiger partial charge in [0.1, 0.15) is 5.82 Å². The number of nitrogens with one attached hydrogen (secondary N) is 1. The molecule has 0 aromatic carbocycles. The molecule has 1 aromatic heterocycles. The van der Waals surface area contributed by atoms with Crippen molar-refractivity contribution in [3.05, 3.63) is 23.9 Å². The Morgan fingerprint density at radius 1 is 1.47 bits per heavy atom. The first kappa shape index (κ1) is 15.8. The molecule has 0 atom stereocenters. The Balaban J connectivity index is 2.81. The molecule has 0 aliphatic carbocycles. The van der Waals surface area contributed by atoms with Crippen molar-refractivity contribution >= 4 is 5.82 Å². The minimum Gasteiger partial charge on any atom is -0.395 e. The Kier molecular flexibility index (Phi) is 7.28. The summed E-state index contributed by atoms with van der Waals surface area (Å²) in [5.74, 6) is 0.514. The zero-order valence-electron chi connectivity index (χ0n) is 11.1. The molecule has 4 nitrogen and oxygen atoms in total. The summed E-state index contributed by atoms with van der Waals surface area (Å²) in [5, 5.41) is 12.2. The molecule has 108 valence electrons. The molecule has 1 rings (SSSR count). The van der Waals surface area contributed by atoms with Gasteiger partial charge in [-0.2, -0.15) is 0 Å². The van der Waals surface area contributed by atoms with Gasteiger partial charge in [-0.1, -0.05) is 13.0 Å². The van der Waals surface area contributed by atoms with Crippen molar-refractivity contribution in [1.29, 1.82) is 0 Å². The van der Waals surface area contributed by atoms with Gasteiger partial charge < -0.3 is 15.3 Å². The van der Waals surface area contributed by atoms with Crippen LogP contribution >= 0.6 is 0 Å². The molecule has 0 aliphatic rings. The summed E-state index contributed by atoms with van der Waals surface area (Å²) in [7, 11) is 0. The average Bonchev–Trinajstić information content (AvgIpc) is 2.39. The molecule has 19 heavy (non-hydrogen) atoms. The lowest BCUT2D eigenvalue weighted by molar-refractivity contribution is 0.152. The van der Waals surface area contributed by atoms with Gasteiger partial charge in [-0.05, 0) is 19.0 Å². The van der Waals surface area contributed by atoms with E-state index in [0.29, 0.717) is 12.4 Å². The lowest BCUT2D eigenvalue weighted by atomic mass is 10.2. The Morgan fingerprint density at radius 2 is 2.26 bits per heavy atom. The van der Waals surface area contributed by atoms with E-state index in [1.54, 1.807) is 12.3 Å². The summed E-state index contributed by atoms with van der Waals surface area (Å²) in [5.41, 5.74) is 0.866. The summed E-state index contributed by atoms with van der Waals surface area (Å²) in [6.45, 7) is 3.07. The Morgan fingerprint density at radius 3 is 2.89 bits per heavy atom. The first-order valence-corrected chi connectivity index (χ1v) is 6.47. The molecule has 1 aromatic rings. The zero-order chi connectivity index (χ0) is 14.1. The Labute approximate surface area is 112 Å². The van der Waals surface area contributed by atoms with Crippen molar-refractivity contribution in [2.45, 2.75) is 26.3 Å². The third-order valence-electron chi connectivity index (χ3n) is 2.64. The van der Waals surface area contributed by atoms with E-state index in [0.717, 1.165) is 18.5 Å². The highest BCUT2D eigenvalue weighted by atomic mass is 19.3. The minimum atomic E-state index is -2.45. The van der Waals surface area contributed by atoms with Gasteiger partial charge in [0.2, 0.25) is 0 Å². The van der Waals surface area contributed by atoms with Gasteiger partial charge in [0.15, 0.2) is 0 Å². The predicted molar refractivity (Wildman–Crippen MR) is 71.5 cm³/mol. The number of anilines is 1. The summed E-state index contributed by atoms with van der Waals surface area (Å²) in [6, 6.07) is 3.65. The third-order valence-corrected chi connectivity index (χ3v) is 2.64. The fourth-order valence-electron chi connectivity index (χ4n) is 1.82. The van der Waals surface area contributed by atoms with E-state index in [-0.39, 0.29) is 13.2 Å².